The maximum atomic E-state index is 4.67. The van der Waals surface area contributed by atoms with Crippen LogP contribution in [0.25, 0.3) is 0 Å². The molecule has 6 heteroatoms. The smallest absolute Gasteiger partial charge is 0.138 e. The molecule has 2 heterocycles. The van der Waals surface area contributed by atoms with Gasteiger partial charge >= 0.3 is 0 Å². The molecule has 3 nitrogen and oxygen atoms in total. The summed E-state index contributed by atoms with van der Waals surface area (Å²) in [6.07, 6.45) is 0. The van der Waals surface area contributed by atoms with Gasteiger partial charge in [-0.3, -0.25) is 4.99 Å². The highest BCUT2D eigenvalue weighted by molar-refractivity contribution is 7.12. The number of hydrogen-bond acceptors (Lipinski definition) is 4. The zero-order chi connectivity index (χ0) is 13.9. The van der Waals surface area contributed by atoms with Crippen LogP contribution >= 0.6 is 35.1 Å². The van der Waals surface area contributed by atoms with Gasteiger partial charge in [-0.15, -0.1) is 35.1 Å². The molecule has 110 valence electrons. The number of rotatable bonds is 3. The number of amidine groups is 1. The molecule has 20 heavy (non-hydrogen) atoms. The molecule has 2 rings (SSSR count). The van der Waals surface area contributed by atoms with Crippen molar-refractivity contribution >= 4 is 40.9 Å². The van der Waals surface area contributed by atoms with Crippen LogP contribution in [0.4, 0.5) is 0 Å². The van der Waals surface area contributed by atoms with E-state index in [1.54, 1.807) is 22.7 Å². The van der Waals surface area contributed by atoms with Crippen molar-refractivity contribution in [3.63, 3.8) is 0 Å². The molecule has 2 aromatic rings. The van der Waals surface area contributed by atoms with E-state index in [2.05, 4.69) is 52.9 Å². The largest absolute Gasteiger partial charge is 0.364 e. The minimum absolute atomic E-state index is 0. The Morgan fingerprint density at radius 2 is 2.10 bits per heavy atom. The lowest BCUT2D eigenvalue weighted by molar-refractivity contribution is 0.582. The first-order chi connectivity index (χ1) is 9.00. The van der Waals surface area contributed by atoms with Crippen LogP contribution in [0.5, 0.6) is 0 Å². The predicted octanol–water partition coefficient (Wildman–Crippen LogP) is 4.09. The van der Waals surface area contributed by atoms with Crippen molar-refractivity contribution in [3.8, 4) is 0 Å². The molecule has 0 amide bonds. The monoisotopic (exact) mass is 329 g/mol. The zero-order valence-corrected chi connectivity index (χ0v) is 14.6. The Hall–Kier alpha value is -0.910. The van der Waals surface area contributed by atoms with Crippen LogP contribution in [0.2, 0.25) is 0 Å². The fraction of sp³-hybridized carbons (Fsp3) is 0.429. The SMILES string of the molecule is CN=C(NCc1csc(C(C)(C)C)n1)c1cccs1.Cl. The second kappa shape index (κ2) is 7.20. The van der Waals surface area contributed by atoms with Gasteiger partial charge in [-0.2, -0.15) is 0 Å². The fourth-order valence-electron chi connectivity index (χ4n) is 1.60. The van der Waals surface area contributed by atoms with Crippen molar-refractivity contribution in [1.29, 1.82) is 0 Å². The van der Waals surface area contributed by atoms with Gasteiger partial charge in [-0.05, 0) is 11.4 Å². The van der Waals surface area contributed by atoms with Gasteiger partial charge in [0.25, 0.3) is 0 Å². The third-order valence-corrected chi connectivity index (χ3v) is 4.80. The molecule has 0 aliphatic carbocycles. The van der Waals surface area contributed by atoms with E-state index in [4.69, 9.17) is 0 Å². The lowest BCUT2D eigenvalue weighted by Gasteiger charge is -2.13. The molecule has 0 unspecified atom stereocenters. The lowest BCUT2D eigenvalue weighted by atomic mass is 9.98. The molecule has 0 aliphatic heterocycles. The molecule has 2 aromatic heterocycles. The average molecular weight is 330 g/mol. The third kappa shape index (κ3) is 4.30. The van der Waals surface area contributed by atoms with E-state index in [9.17, 15) is 0 Å². The van der Waals surface area contributed by atoms with Crippen LogP contribution < -0.4 is 5.32 Å². The third-order valence-electron chi connectivity index (χ3n) is 2.61. The van der Waals surface area contributed by atoms with Crippen LogP contribution in [0.3, 0.4) is 0 Å². The molecule has 0 aromatic carbocycles. The molecule has 0 radical (unpaired) electrons. The van der Waals surface area contributed by atoms with Crippen LogP contribution in [0, 0.1) is 0 Å². The Morgan fingerprint density at radius 3 is 2.60 bits per heavy atom. The minimum Gasteiger partial charge on any atom is -0.364 e. The van der Waals surface area contributed by atoms with E-state index < -0.39 is 0 Å². The van der Waals surface area contributed by atoms with Crippen molar-refractivity contribution in [2.24, 2.45) is 4.99 Å². The summed E-state index contributed by atoms with van der Waals surface area (Å²) in [6, 6.07) is 4.11. The van der Waals surface area contributed by atoms with Crippen LogP contribution in [-0.2, 0) is 12.0 Å². The number of thiazole rings is 1. The molecule has 0 saturated heterocycles. The number of hydrogen-bond donors (Lipinski definition) is 1. The van der Waals surface area contributed by atoms with Crippen LogP contribution in [0.15, 0.2) is 27.9 Å². The van der Waals surface area contributed by atoms with Crippen molar-refractivity contribution in [1.82, 2.24) is 10.3 Å². The molecule has 0 spiro atoms. The van der Waals surface area contributed by atoms with Crippen molar-refractivity contribution in [2.45, 2.75) is 32.7 Å². The highest BCUT2D eigenvalue weighted by Crippen LogP contribution is 2.25. The van der Waals surface area contributed by atoms with Gasteiger partial charge in [0.15, 0.2) is 0 Å². The van der Waals surface area contributed by atoms with E-state index in [-0.39, 0.29) is 17.8 Å². The predicted molar refractivity (Wildman–Crippen MR) is 91.7 cm³/mol. The van der Waals surface area contributed by atoms with Crippen molar-refractivity contribution in [2.75, 3.05) is 7.05 Å². The Morgan fingerprint density at radius 1 is 1.35 bits per heavy atom. The number of aliphatic imine (C=N–C) groups is 1. The van der Waals surface area contributed by atoms with E-state index in [1.165, 1.54) is 5.01 Å². The molecular formula is C14H20ClN3S2. The summed E-state index contributed by atoms with van der Waals surface area (Å²) < 4.78 is 0. The summed E-state index contributed by atoms with van der Waals surface area (Å²) in [5.41, 5.74) is 1.20. The number of thiophene rings is 1. The minimum atomic E-state index is 0. The highest BCUT2D eigenvalue weighted by atomic mass is 35.5. The molecule has 0 atom stereocenters. The average Bonchev–Trinajstić information content (AvgIpc) is 2.99. The van der Waals surface area contributed by atoms with E-state index in [0.29, 0.717) is 0 Å². The van der Waals surface area contributed by atoms with Gasteiger partial charge in [0, 0.05) is 17.8 Å². The summed E-state index contributed by atoms with van der Waals surface area (Å²) in [6.45, 7) is 7.28. The van der Waals surface area contributed by atoms with Gasteiger partial charge in [-0.25, -0.2) is 4.98 Å². The first-order valence-electron chi connectivity index (χ1n) is 6.20. The quantitative estimate of drug-likeness (QED) is 0.680. The maximum Gasteiger partial charge on any atom is 0.138 e. The lowest BCUT2D eigenvalue weighted by Crippen LogP contribution is -2.23. The number of nitrogens with one attached hydrogen (secondary N) is 1. The molecular weight excluding hydrogens is 310 g/mol. The van der Waals surface area contributed by atoms with Gasteiger partial charge in [0.05, 0.1) is 22.1 Å². The first kappa shape index (κ1) is 17.1. The molecule has 1 N–H and O–H groups in total. The van der Waals surface area contributed by atoms with E-state index in [1.807, 2.05) is 13.1 Å². The Bertz CT molecular complexity index is 553. The summed E-state index contributed by atoms with van der Waals surface area (Å²) in [5.74, 6) is 0.931. The van der Waals surface area contributed by atoms with Crippen LogP contribution in [-0.4, -0.2) is 17.9 Å². The molecule has 0 aliphatic rings. The van der Waals surface area contributed by atoms with E-state index >= 15 is 0 Å². The number of aromatic nitrogens is 1. The Labute approximate surface area is 134 Å². The summed E-state index contributed by atoms with van der Waals surface area (Å²) in [5, 5.41) is 8.71. The van der Waals surface area contributed by atoms with Gasteiger partial charge in [0.1, 0.15) is 5.84 Å². The Kier molecular flexibility index (Phi) is 6.17. The number of halogens is 1. The molecule has 0 saturated carbocycles. The standard InChI is InChI=1S/C14H19N3S2.ClH/c1-14(2,3)13-17-10(9-19-13)8-16-12(15-4)11-6-5-7-18-11;/h5-7,9H,8H2,1-4H3,(H,15,16);1H. The van der Waals surface area contributed by atoms with Gasteiger partial charge in [0.2, 0.25) is 0 Å². The topological polar surface area (TPSA) is 37.3 Å². The second-order valence-electron chi connectivity index (χ2n) is 5.30. The maximum absolute atomic E-state index is 4.67. The summed E-state index contributed by atoms with van der Waals surface area (Å²) in [7, 11) is 1.81. The highest BCUT2D eigenvalue weighted by Gasteiger charge is 2.17. The first-order valence-corrected chi connectivity index (χ1v) is 7.96. The normalized spacial score (nSPS) is 12.1. The van der Waals surface area contributed by atoms with Crippen molar-refractivity contribution < 1.29 is 0 Å². The summed E-state index contributed by atoms with van der Waals surface area (Å²) >= 11 is 3.41. The van der Waals surface area contributed by atoms with Gasteiger partial charge < -0.3 is 5.32 Å². The van der Waals surface area contributed by atoms with E-state index in [0.717, 1.165) is 23.0 Å². The van der Waals surface area contributed by atoms with Crippen LogP contribution in [0.1, 0.15) is 36.3 Å². The Balaban J connectivity index is 0.00000200. The zero-order valence-electron chi connectivity index (χ0n) is 12.1. The fourth-order valence-corrected chi connectivity index (χ4v) is 3.24. The molecule has 0 bridgehead atoms. The summed E-state index contributed by atoms with van der Waals surface area (Å²) in [4.78, 5) is 10.1. The van der Waals surface area contributed by atoms with Crippen molar-refractivity contribution in [3.05, 3.63) is 38.5 Å². The number of nitrogens with zero attached hydrogens (tertiary/aromatic N) is 2. The second-order valence-corrected chi connectivity index (χ2v) is 7.10. The van der Waals surface area contributed by atoms with Gasteiger partial charge in [-0.1, -0.05) is 26.8 Å². The molecule has 0 fully saturated rings.